The number of halogens is 2. The average Bonchev–Trinajstić information content (AvgIpc) is 2.39. The molecule has 2 aromatic rings. The van der Waals surface area contributed by atoms with E-state index in [1.54, 1.807) is 0 Å². The molecule has 0 aliphatic carbocycles. The minimum absolute atomic E-state index is 1.07. The Morgan fingerprint density at radius 2 is 0.875 bits per heavy atom. The average molecular weight is 338 g/mol. The van der Waals surface area contributed by atoms with E-state index in [4.69, 9.17) is 0 Å². The van der Waals surface area contributed by atoms with Crippen molar-refractivity contribution in [3.8, 4) is 0 Å². The lowest BCUT2D eigenvalue weighted by molar-refractivity contribution is 1.64. The molecule has 0 aliphatic rings. The Balaban J connectivity index is 2.43. The summed E-state index contributed by atoms with van der Waals surface area (Å²) in [6, 6.07) is 20.5. The zero-order valence-electron chi connectivity index (χ0n) is 8.53. The van der Waals surface area contributed by atoms with Gasteiger partial charge >= 0.3 is 0 Å². The van der Waals surface area contributed by atoms with Gasteiger partial charge in [0, 0.05) is 8.96 Å². The van der Waals surface area contributed by atoms with Crippen LogP contribution in [0.4, 0.5) is 0 Å². The second kappa shape index (κ2) is 5.46. The van der Waals surface area contributed by atoms with E-state index in [-0.39, 0.29) is 0 Å². The highest BCUT2D eigenvalue weighted by Crippen LogP contribution is 2.34. The Kier molecular flexibility index (Phi) is 3.97. The third-order valence-electron chi connectivity index (χ3n) is 2.25. The topological polar surface area (TPSA) is 0 Å². The maximum Gasteiger partial charge on any atom is 0.0395 e. The lowest BCUT2D eigenvalue weighted by atomic mass is 10.1. The van der Waals surface area contributed by atoms with Crippen molar-refractivity contribution in [2.75, 3.05) is 0 Å². The number of hydrogen-bond acceptors (Lipinski definition) is 0. The number of hydrogen-bond donors (Lipinski definition) is 0. The molecule has 0 bridgehead atoms. The van der Waals surface area contributed by atoms with Gasteiger partial charge in [-0.3, -0.25) is 0 Å². The molecular formula is C14H10Br2. The molecule has 0 N–H and O–H groups in total. The molecule has 0 aromatic heterocycles. The van der Waals surface area contributed by atoms with Gasteiger partial charge in [-0.1, -0.05) is 60.7 Å². The first-order chi connectivity index (χ1) is 7.79. The molecule has 0 unspecified atom stereocenters. The summed E-state index contributed by atoms with van der Waals surface area (Å²) < 4.78 is 2.14. The summed E-state index contributed by atoms with van der Waals surface area (Å²) in [4.78, 5) is 0. The largest absolute Gasteiger partial charge is 0.0622 e. The van der Waals surface area contributed by atoms with Gasteiger partial charge in [-0.25, -0.2) is 0 Å². The molecular weight excluding hydrogens is 328 g/mol. The van der Waals surface area contributed by atoms with Crippen LogP contribution in [0.1, 0.15) is 11.1 Å². The standard InChI is InChI=1S/C14H10Br2/c15-13(11-7-3-1-4-8-11)14(16)12-9-5-2-6-10-12/h1-10H. The SMILES string of the molecule is BrC(=C(Br)c1ccccc1)c1ccccc1. The Morgan fingerprint density at radius 3 is 1.19 bits per heavy atom. The fourth-order valence-electron chi connectivity index (χ4n) is 1.42. The Hall–Kier alpha value is -0.860. The third kappa shape index (κ3) is 2.63. The van der Waals surface area contributed by atoms with Crippen molar-refractivity contribution < 1.29 is 0 Å². The molecule has 0 saturated carbocycles. The highest BCUT2D eigenvalue weighted by atomic mass is 79.9. The zero-order chi connectivity index (χ0) is 11.4. The molecule has 0 radical (unpaired) electrons. The van der Waals surface area contributed by atoms with Crippen LogP contribution < -0.4 is 0 Å². The van der Waals surface area contributed by atoms with Crippen LogP contribution in [0.15, 0.2) is 60.7 Å². The van der Waals surface area contributed by atoms with Crippen molar-refractivity contribution >= 4 is 40.8 Å². The van der Waals surface area contributed by atoms with E-state index in [1.165, 1.54) is 11.1 Å². The Bertz CT molecular complexity index is 439. The Labute approximate surface area is 112 Å². The zero-order valence-corrected chi connectivity index (χ0v) is 11.7. The van der Waals surface area contributed by atoms with Crippen molar-refractivity contribution in [3.63, 3.8) is 0 Å². The monoisotopic (exact) mass is 336 g/mol. The molecule has 0 amide bonds. The normalized spacial score (nSPS) is 12.1. The molecule has 0 heterocycles. The van der Waals surface area contributed by atoms with Crippen molar-refractivity contribution in [2.45, 2.75) is 0 Å². The predicted octanol–water partition coefficient (Wildman–Crippen LogP) is 5.30. The molecule has 80 valence electrons. The van der Waals surface area contributed by atoms with Crippen molar-refractivity contribution in [1.82, 2.24) is 0 Å². The van der Waals surface area contributed by atoms with E-state index >= 15 is 0 Å². The molecule has 0 aliphatic heterocycles. The van der Waals surface area contributed by atoms with Crippen LogP contribution in [0.2, 0.25) is 0 Å². The maximum absolute atomic E-state index is 3.62. The van der Waals surface area contributed by atoms with Gasteiger partial charge in [-0.05, 0) is 43.0 Å². The van der Waals surface area contributed by atoms with Crippen molar-refractivity contribution in [1.29, 1.82) is 0 Å². The molecule has 0 fully saturated rings. The minimum atomic E-state index is 1.07. The van der Waals surface area contributed by atoms with E-state index in [2.05, 4.69) is 56.1 Å². The summed E-state index contributed by atoms with van der Waals surface area (Å²) in [6.45, 7) is 0. The summed E-state index contributed by atoms with van der Waals surface area (Å²) in [7, 11) is 0. The quantitative estimate of drug-likeness (QED) is 0.652. The molecule has 0 atom stereocenters. The minimum Gasteiger partial charge on any atom is -0.0622 e. The second-order valence-electron chi connectivity index (χ2n) is 3.36. The predicted molar refractivity (Wildman–Crippen MR) is 77.6 cm³/mol. The van der Waals surface area contributed by atoms with Crippen LogP contribution in [-0.2, 0) is 0 Å². The number of rotatable bonds is 2. The highest BCUT2D eigenvalue weighted by Gasteiger charge is 2.05. The van der Waals surface area contributed by atoms with Crippen LogP contribution in [0, 0.1) is 0 Å². The second-order valence-corrected chi connectivity index (χ2v) is 4.95. The van der Waals surface area contributed by atoms with E-state index in [9.17, 15) is 0 Å². The van der Waals surface area contributed by atoms with E-state index in [0.29, 0.717) is 0 Å². The van der Waals surface area contributed by atoms with Gasteiger partial charge in [0.05, 0.1) is 0 Å². The molecule has 2 heteroatoms. The molecule has 0 spiro atoms. The summed E-state index contributed by atoms with van der Waals surface area (Å²) in [5.74, 6) is 0. The third-order valence-corrected chi connectivity index (χ3v) is 4.49. The van der Waals surface area contributed by atoms with E-state index in [1.807, 2.05) is 36.4 Å². The molecule has 2 rings (SSSR count). The fraction of sp³-hybridized carbons (Fsp3) is 0. The smallest absolute Gasteiger partial charge is 0.0395 e. The Morgan fingerprint density at radius 1 is 0.562 bits per heavy atom. The van der Waals surface area contributed by atoms with Gasteiger partial charge in [0.1, 0.15) is 0 Å². The fourth-order valence-corrected chi connectivity index (χ4v) is 2.41. The molecule has 16 heavy (non-hydrogen) atoms. The van der Waals surface area contributed by atoms with Crippen LogP contribution in [0.5, 0.6) is 0 Å². The summed E-state index contributed by atoms with van der Waals surface area (Å²) >= 11 is 7.24. The first-order valence-corrected chi connectivity index (χ1v) is 6.54. The summed E-state index contributed by atoms with van der Waals surface area (Å²) in [6.07, 6.45) is 0. The van der Waals surface area contributed by atoms with Crippen LogP contribution in [0.3, 0.4) is 0 Å². The van der Waals surface area contributed by atoms with E-state index < -0.39 is 0 Å². The highest BCUT2D eigenvalue weighted by molar-refractivity contribution is 9.18. The van der Waals surface area contributed by atoms with Crippen molar-refractivity contribution in [2.24, 2.45) is 0 Å². The lowest BCUT2D eigenvalue weighted by Crippen LogP contribution is -1.80. The summed E-state index contributed by atoms with van der Waals surface area (Å²) in [5, 5.41) is 0. The van der Waals surface area contributed by atoms with Crippen LogP contribution in [0.25, 0.3) is 8.96 Å². The van der Waals surface area contributed by atoms with Crippen LogP contribution in [-0.4, -0.2) is 0 Å². The van der Waals surface area contributed by atoms with Gasteiger partial charge in [-0.15, -0.1) is 0 Å². The first kappa shape index (κ1) is 11.6. The first-order valence-electron chi connectivity index (χ1n) is 4.95. The van der Waals surface area contributed by atoms with Gasteiger partial charge < -0.3 is 0 Å². The van der Waals surface area contributed by atoms with Crippen molar-refractivity contribution in [3.05, 3.63) is 71.8 Å². The van der Waals surface area contributed by atoms with Crippen LogP contribution >= 0.6 is 31.9 Å². The van der Waals surface area contributed by atoms with Gasteiger partial charge in [0.2, 0.25) is 0 Å². The maximum atomic E-state index is 3.62. The molecule has 2 aromatic carbocycles. The number of benzene rings is 2. The van der Waals surface area contributed by atoms with Gasteiger partial charge in [0.25, 0.3) is 0 Å². The molecule has 0 nitrogen and oxygen atoms in total. The summed E-state index contributed by atoms with van der Waals surface area (Å²) in [5.41, 5.74) is 2.33. The van der Waals surface area contributed by atoms with Gasteiger partial charge in [0.15, 0.2) is 0 Å². The lowest BCUT2D eigenvalue weighted by Gasteiger charge is -2.05. The van der Waals surface area contributed by atoms with E-state index in [0.717, 1.165) is 8.96 Å². The molecule has 0 saturated heterocycles. The van der Waals surface area contributed by atoms with Gasteiger partial charge in [-0.2, -0.15) is 0 Å².